The van der Waals surface area contributed by atoms with Crippen LogP contribution in [0.15, 0.2) is 28.0 Å². The summed E-state index contributed by atoms with van der Waals surface area (Å²) in [4.78, 5) is 9.98. The quantitative estimate of drug-likeness (QED) is 0.693. The zero-order valence-corrected chi connectivity index (χ0v) is 7.78. The molecule has 0 bridgehead atoms. The molecule has 0 amide bonds. The van der Waals surface area contributed by atoms with E-state index in [2.05, 4.69) is 0 Å². The molecule has 72 valence electrons. The van der Waals surface area contributed by atoms with E-state index in [1.54, 1.807) is 0 Å². The van der Waals surface area contributed by atoms with Crippen molar-refractivity contribution in [2.24, 2.45) is 0 Å². The average molecular weight is 210 g/mol. The van der Waals surface area contributed by atoms with Crippen LogP contribution in [0.4, 0.5) is 0 Å². The lowest BCUT2D eigenvalue weighted by Gasteiger charge is -2.01. The molecule has 0 aromatic heterocycles. The molecule has 2 rings (SSSR count). The van der Waals surface area contributed by atoms with Crippen LogP contribution in [-0.4, -0.2) is 19.8 Å². The van der Waals surface area contributed by atoms with E-state index in [1.165, 1.54) is 24.3 Å². The number of aldehydes is 1. The van der Waals surface area contributed by atoms with Gasteiger partial charge in [0.2, 0.25) is 9.84 Å². The summed E-state index contributed by atoms with van der Waals surface area (Å²) in [6, 6.07) is 4.33. The number of carbonyl (C=O) groups is 1. The maximum Gasteiger partial charge on any atom is 0.214 e. The molecule has 0 saturated carbocycles. The Balaban J connectivity index is 2.84. The standard InChI is InChI=1S/C9H6O4S/c10-5-7-4-6-2-1-3-8(11)9(6)14(7,12)13/h1-5,11H. The summed E-state index contributed by atoms with van der Waals surface area (Å²) in [6.07, 6.45) is 1.52. The average Bonchev–Trinajstić information content (AvgIpc) is 2.38. The predicted molar refractivity (Wildman–Crippen MR) is 49.3 cm³/mol. The van der Waals surface area contributed by atoms with Crippen molar-refractivity contribution in [1.29, 1.82) is 0 Å². The number of allylic oxidation sites excluding steroid dienone is 1. The number of phenolic OH excluding ortho intramolecular Hbond substituents is 1. The lowest BCUT2D eigenvalue weighted by molar-refractivity contribution is -0.104. The van der Waals surface area contributed by atoms with Gasteiger partial charge in [0.1, 0.15) is 15.6 Å². The summed E-state index contributed by atoms with van der Waals surface area (Å²) in [6.45, 7) is 0. The molecule has 0 fully saturated rings. The minimum absolute atomic E-state index is 0.179. The van der Waals surface area contributed by atoms with Crippen LogP contribution in [0, 0.1) is 0 Å². The van der Waals surface area contributed by atoms with Gasteiger partial charge in [0, 0.05) is 0 Å². The smallest absolute Gasteiger partial charge is 0.214 e. The van der Waals surface area contributed by atoms with Crippen LogP contribution in [-0.2, 0) is 14.6 Å². The highest BCUT2D eigenvalue weighted by Crippen LogP contribution is 2.37. The van der Waals surface area contributed by atoms with Crippen LogP contribution in [0.3, 0.4) is 0 Å². The first-order chi connectivity index (χ1) is 6.57. The topological polar surface area (TPSA) is 71.4 Å². The fraction of sp³-hybridized carbons (Fsp3) is 0. The SMILES string of the molecule is O=CC1=Cc2cccc(O)c2S1(=O)=O. The van der Waals surface area contributed by atoms with E-state index in [-0.39, 0.29) is 21.8 Å². The van der Waals surface area contributed by atoms with Gasteiger partial charge in [-0.3, -0.25) is 4.79 Å². The third kappa shape index (κ3) is 0.990. The first-order valence-corrected chi connectivity index (χ1v) is 5.29. The number of phenols is 1. The fourth-order valence-corrected chi connectivity index (χ4v) is 2.82. The van der Waals surface area contributed by atoms with E-state index in [1.807, 2.05) is 0 Å². The number of hydrogen-bond acceptors (Lipinski definition) is 4. The van der Waals surface area contributed by atoms with Crippen LogP contribution in [0.5, 0.6) is 5.75 Å². The third-order valence-corrected chi connectivity index (χ3v) is 3.83. The summed E-state index contributed by atoms with van der Waals surface area (Å²) >= 11 is 0. The molecule has 0 atom stereocenters. The van der Waals surface area contributed by atoms with Gasteiger partial charge < -0.3 is 5.11 Å². The Hall–Kier alpha value is -1.62. The van der Waals surface area contributed by atoms with Crippen molar-refractivity contribution >= 4 is 22.2 Å². The maximum atomic E-state index is 11.6. The van der Waals surface area contributed by atoms with Crippen LogP contribution in [0.25, 0.3) is 6.08 Å². The van der Waals surface area contributed by atoms with Gasteiger partial charge in [0.15, 0.2) is 6.29 Å². The summed E-state index contributed by atoms with van der Waals surface area (Å²) in [5.41, 5.74) is 0.354. The largest absolute Gasteiger partial charge is 0.507 e. The normalized spacial score (nSPS) is 17.3. The molecule has 1 aliphatic rings. The second kappa shape index (κ2) is 2.68. The van der Waals surface area contributed by atoms with Crippen LogP contribution < -0.4 is 0 Å². The van der Waals surface area contributed by atoms with Gasteiger partial charge in [0.05, 0.1) is 0 Å². The van der Waals surface area contributed by atoms with E-state index in [0.717, 1.165) is 0 Å². The van der Waals surface area contributed by atoms with Gasteiger partial charge in [-0.05, 0) is 17.7 Å². The molecule has 1 heterocycles. The summed E-state index contributed by atoms with van der Waals surface area (Å²) in [5, 5.41) is 9.35. The zero-order valence-electron chi connectivity index (χ0n) is 6.97. The van der Waals surface area contributed by atoms with Crippen molar-refractivity contribution < 1.29 is 18.3 Å². The Labute approximate surface area is 80.4 Å². The Morgan fingerprint density at radius 3 is 2.57 bits per heavy atom. The molecular weight excluding hydrogens is 204 g/mol. The molecule has 0 saturated heterocycles. The number of hydrogen-bond donors (Lipinski definition) is 1. The molecule has 0 radical (unpaired) electrons. The monoisotopic (exact) mass is 210 g/mol. The van der Waals surface area contributed by atoms with Gasteiger partial charge in [-0.1, -0.05) is 12.1 Å². The van der Waals surface area contributed by atoms with Crippen molar-refractivity contribution in [2.45, 2.75) is 4.90 Å². The third-order valence-electron chi connectivity index (χ3n) is 2.02. The van der Waals surface area contributed by atoms with Gasteiger partial charge in [-0.2, -0.15) is 0 Å². The molecular formula is C9H6O4S. The minimum Gasteiger partial charge on any atom is -0.507 e. The van der Waals surface area contributed by atoms with E-state index < -0.39 is 9.84 Å². The van der Waals surface area contributed by atoms with Gasteiger partial charge in [0.25, 0.3) is 0 Å². The highest BCUT2D eigenvalue weighted by Gasteiger charge is 2.31. The number of rotatable bonds is 1. The second-order valence-electron chi connectivity index (χ2n) is 2.86. The fourth-order valence-electron chi connectivity index (χ4n) is 1.39. The van der Waals surface area contributed by atoms with Crippen molar-refractivity contribution in [1.82, 2.24) is 0 Å². The summed E-state index contributed by atoms with van der Waals surface area (Å²) in [7, 11) is -3.78. The van der Waals surface area contributed by atoms with Crippen LogP contribution >= 0.6 is 0 Å². The molecule has 1 aromatic rings. The number of aromatic hydroxyl groups is 1. The summed E-state index contributed by atoms with van der Waals surface area (Å²) in [5.74, 6) is -0.324. The highest BCUT2D eigenvalue weighted by molar-refractivity contribution is 7.96. The van der Waals surface area contributed by atoms with E-state index in [4.69, 9.17) is 0 Å². The number of fused-ring (bicyclic) bond motifs is 1. The number of carbonyl (C=O) groups excluding carboxylic acids is 1. The lowest BCUT2D eigenvalue weighted by Crippen LogP contribution is -2.01. The van der Waals surface area contributed by atoms with Gasteiger partial charge in [-0.25, -0.2) is 8.42 Å². The predicted octanol–water partition coefficient (Wildman–Crippen LogP) is 0.719. The van der Waals surface area contributed by atoms with Crippen LogP contribution in [0.1, 0.15) is 5.56 Å². The lowest BCUT2D eigenvalue weighted by atomic mass is 10.2. The van der Waals surface area contributed by atoms with Gasteiger partial charge >= 0.3 is 0 Å². The van der Waals surface area contributed by atoms with Crippen molar-refractivity contribution in [3.63, 3.8) is 0 Å². The molecule has 1 aliphatic heterocycles. The van der Waals surface area contributed by atoms with E-state index in [9.17, 15) is 18.3 Å². The molecule has 1 aromatic carbocycles. The Kier molecular flexibility index (Phi) is 1.72. The first-order valence-electron chi connectivity index (χ1n) is 3.81. The van der Waals surface area contributed by atoms with Crippen molar-refractivity contribution in [3.8, 4) is 5.75 Å². The van der Waals surface area contributed by atoms with Crippen molar-refractivity contribution in [3.05, 3.63) is 28.7 Å². The maximum absolute atomic E-state index is 11.6. The molecule has 0 spiro atoms. The molecule has 4 nitrogen and oxygen atoms in total. The zero-order chi connectivity index (χ0) is 10.3. The minimum atomic E-state index is -3.78. The molecule has 0 aliphatic carbocycles. The number of sulfone groups is 1. The molecule has 14 heavy (non-hydrogen) atoms. The van der Waals surface area contributed by atoms with Gasteiger partial charge in [-0.15, -0.1) is 0 Å². The Bertz CT molecular complexity index is 540. The summed E-state index contributed by atoms with van der Waals surface area (Å²) < 4.78 is 23.2. The van der Waals surface area contributed by atoms with E-state index in [0.29, 0.717) is 5.56 Å². The van der Waals surface area contributed by atoms with E-state index >= 15 is 0 Å². The molecule has 0 unspecified atom stereocenters. The molecule has 1 N–H and O–H groups in total. The first kappa shape index (κ1) is 8.96. The molecule has 5 heteroatoms. The van der Waals surface area contributed by atoms with Crippen molar-refractivity contribution in [2.75, 3.05) is 0 Å². The Morgan fingerprint density at radius 2 is 2.00 bits per heavy atom. The van der Waals surface area contributed by atoms with Crippen LogP contribution in [0.2, 0.25) is 0 Å². The number of benzene rings is 1. The second-order valence-corrected chi connectivity index (χ2v) is 4.75. The highest BCUT2D eigenvalue weighted by atomic mass is 32.2. The Morgan fingerprint density at radius 1 is 1.29 bits per heavy atom.